The van der Waals surface area contributed by atoms with E-state index in [0.717, 1.165) is 17.0 Å². The molecule has 0 spiro atoms. The summed E-state index contributed by atoms with van der Waals surface area (Å²) in [7, 11) is 0. The number of hydrogen-bond acceptors (Lipinski definition) is 6. The molecule has 148 valence electrons. The van der Waals surface area contributed by atoms with Crippen LogP contribution in [-0.2, 0) is 16.0 Å². The number of carbonyl (C=O) groups is 2. The van der Waals surface area contributed by atoms with E-state index >= 15 is 0 Å². The molecule has 3 rings (SSSR count). The van der Waals surface area contributed by atoms with E-state index < -0.39 is 0 Å². The Bertz CT molecular complexity index is 1080. The van der Waals surface area contributed by atoms with Crippen molar-refractivity contribution in [3.8, 4) is 6.07 Å². The summed E-state index contributed by atoms with van der Waals surface area (Å²) in [6.07, 6.45) is 4.01. The first-order valence-electron chi connectivity index (χ1n) is 9.21. The maximum atomic E-state index is 12.2. The molecule has 0 unspecified atom stereocenters. The van der Waals surface area contributed by atoms with Gasteiger partial charge in [0.2, 0.25) is 11.8 Å². The Morgan fingerprint density at radius 2 is 2.03 bits per heavy atom. The molecule has 2 amide bonds. The third-order valence-corrected chi connectivity index (χ3v) is 4.54. The number of anilines is 1. The van der Waals surface area contributed by atoms with Crippen molar-refractivity contribution < 1.29 is 9.59 Å². The highest BCUT2D eigenvalue weighted by molar-refractivity contribution is 5.90. The number of nitrogens with one attached hydrogen (secondary N) is 2. The monoisotopic (exact) mass is 391 g/mol. The smallest absolute Gasteiger partial charge is 0.227 e. The van der Waals surface area contributed by atoms with Crippen LogP contribution >= 0.6 is 0 Å². The summed E-state index contributed by atoms with van der Waals surface area (Å²) in [5.74, 6) is 0.126. The SMILES string of the molecule is Cc1nc2c(C#N)cnn2c(C)c1CCC(=O)NCCC(=O)Nc1ccccn1. The van der Waals surface area contributed by atoms with E-state index in [1.807, 2.05) is 13.8 Å². The number of nitriles is 1. The lowest BCUT2D eigenvalue weighted by Gasteiger charge is -2.11. The van der Waals surface area contributed by atoms with Gasteiger partial charge in [-0.15, -0.1) is 0 Å². The Morgan fingerprint density at radius 3 is 2.76 bits per heavy atom. The molecule has 0 fully saturated rings. The predicted octanol–water partition coefficient (Wildman–Crippen LogP) is 1.69. The average Bonchev–Trinajstić information content (AvgIpc) is 3.11. The second kappa shape index (κ2) is 8.93. The summed E-state index contributed by atoms with van der Waals surface area (Å²) in [4.78, 5) is 32.5. The van der Waals surface area contributed by atoms with Crippen molar-refractivity contribution in [3.05, 3.63) is 53.1 Å². The van der Waals surface area contributed by atoms with Gasteiger partial charge < -0.3 is 10.6 Å². The number of amides is 2. The fourth-order valence-corrected chi connectivity index (χ4v) is 3.04. The molecular weight excluding hydrogens is 370 g/mol. The van der Waals surface area contributed by atoms with Gasteiger partial charge in [-0.1, -0.05) is 6.07 Å². The minimum atomic E-state index is -0.211. The Labute approximate surface area is 167 Å². The van der Waals surface area contributed by atoms with E-state index in [0.29, 0.717) is 23.4 Å². The molecule has 0 saturated heterocycles. The maximum Gasteiger partial charge on any atom is 0.227 e. The van der Waals surface area contributed by atoms with Crippen LogP contribution < -0.4 is 10.6 Å². The van der Waals surface area contributed by atoms with Gasteiger partial charge in [0.05, 0.1) is 6.20 Å². The van der Waals surface area contributed by atoms with Gasteiger partial charge in [0.25, 0.3) is 0 Å². The first kappa shape index (κ1) is 19.9. The molecule has 0 aliphatic heterocycles. The number of rotatable bonds is 7. The summed E-state index contributed by atoms with van der Waals surface area (Å²) in [5.41, 5.74) is 3.50. The minimum Gasteiger partial charge on any atom is -0.356 e. The van der Waals surface area contributed by atoms with E-state index in [9.17, 15) is 9.59 Å². The van der Waals surface area contributed by atoms with Crippen molar-refractivity contribution in [2.75, 3.05) is 11.9 Å². The van der Waals surface area contributed by atoms with Gasteiger partial charge in [0, 0.05) is 37.0 Å². The van der Waals surface area contributed by atoms with Gasteiger partial charge in [0.15, 0.2) is 5.65 Å². The number of aromatic nitrogens is 4. The molecule has 2 N–H and O–H groups in total. The van der Waals surface area contributed by atoms with Crippen molar-refractivity contribution in [2.45, 2.75) is 33.1 Å². The van der Waals surface area contributed by atoms with Crippen molar-refractivity contribution in [1.29, 1.82) is 5.26 Å². The van der Waals surface area contributed by atoms with E-state index in [4.69, 9.17) is 5.26 Å². The first-order chi connectivity index (χ1) is 14.0. The molecule has 0 bridgehead atoms. The molecule has 0 aliphatic rings. The highest BCUT2D eigenvalue weighted by Crippen LogP contribution is 2.18. The highest BCUT2D eigenvalue weighted by Gasteiger charge is 2.14. The van der Waals surface area contributed by atoms with Crippen LogP contribution in [0.25, 0.3) is 5.65 Å². The lowest BCUT2D eigenvalue weighted by atomic mass is 10.1. The first-order valence-corrected chi connectivity index (χ1v) is 9.21. The lowest BCUT2D eigenvalue weighted by Crippen LogP contribution is -2.28. The molecule has 29 heavy (non-hydrogen) atoms. The minimum absolute atomic E-state index is 0.146. The summed E-state index contributed by atoms with van der Waals surface area (Å²) >= 11 is 0. The van der Waals surface area contributed by atoms with Gasteiger partial charge in [-0.3, -0.25) is 9.59 Å². The molecule has 9 heteroatoms. The zero-order valence-electron chi connectivity index (χ0n) is 16.3. The summed E-state index contributed by atoms with van der Waals surface area (Å²) in [6, 6.07) is 7.32. The van der Waals surface area contributed by atoms with E-state index in [1.165, 1.54) is 6.20 Å². The zero-order chi connectivity index (χ0) is 20.8. The van der Waals surface area contributed by atoms with Crippen LogP contribution in [0.5, 0.6) is 0 Å². The van der Waals surface area contributed by atoms with Crippen LogP contribution in [0.15, 0.2) is 30.6 Å². The summed E-state index contributed by atoms with van der Waals surface area (Å²) in [6.45, 7) is 4.00. The normalized spacial score (nSPS) is 10.5. The number of nitrogens with zero attached hydrogens (tertiary/aromatic N) is 5. The van der Waals surface area contributed by atoms with Gasteiger partial charge in [-0.2, -0.15) is 10.4 Å². The largest absolute Gasteiger partial charge is 0.356 e. The van der Waals surface area contributed by atoms with Crippen LogP contribution in [-0.4, -0.2) is 37.9 Å². The number of aryl methyl sites for hydroxylation is 2. The standard InChI is InChI=1S/C20H21N7O2/c1-13-16(14(2)27-20(25-13)15(11-21)12-24-27)6-7-18(28)23-10-8-19(29)26-17-5-3-4-9-22-17/h3-5,9,12H,6-8,10H2,1-2H3,(H,23,28)(H,22,26,29). The lowest BCUT2D eigenvalue weighted by molar-refractivity contribution is -0.121. The van der Waals surface area contributed by atoms with Crippen LogP contribution in [0.2, 0.25) is 0 Å². The van der Waals surface area contributed by atoms with E-state index in [-0.39, 0.29) is 31.2 Å². The molecule has 3 aromatic heterocycles. The fraction of sp³-hybridized carbons (Fsp3) is 0.300. The molecule has 3 heterocycles. The number of carbonyl (C=O) groups excluding carboxylic acids is 2. The third kappa shape index (κ3) is 4.73. The fourth-order valence-electron chi connectivity index (χ4n) is 3.04. The second-order valence-corrected chi connectivity index (χ2v) is 6.53. The Morgan fingerprint density at radius 1 is 1.21 bits per heavy atom. The Kier molecular flexibility index (Phi) is 6.14. The molecule has 0 atom stereocenters. The second-order valence-electron chi connectivity index (χ2n) is 6.53. The van der Waals surface area contributed by atoms with Crippen LogP contribution in [0.4, 0.5) is 5.82 Å². The van der Waals surface area contributed by atoms with Gasteiger partial charge in [-0.05, 0) is 38.0 Å². The van der Waals surface area contributed by atoms with Crippen molar-refractivity contribution in [1.82, 2.24) is 24.9 Å². The third-order valence-electron chi connectivity index (χ3n) is 4.54. The number of pyridine rings is 1. The summed E-state index contributed by atoms with van der Waals surface area (Å²) < 4.78 is 1.63. The molecule has 9 nitrogen and oxygen atoms in total. The van der Waals surface area contributed by atoms with Crippen molar-refractivity contribution >= 4 is 23.3 Å². The number of fused-ring (bicyclic) bond motifs is 1. The van der Waals surface area contributed by atoms with Crippen molar-refractivity contribution in [3.63, 3.8) is 0 Å². The molecule has 0 saturated carbocycles. The predicted molar refractivity (Wildman–Crippen MR) is 106 cm³/mol. The van der Waals surface area contributed by atoms with E-state index in [2.05, 4.69) is 31.8 Å². The van der Waals surface area contributed by atoms with Crippen LogP contribution in [0.1, 0.15) is 35.4 Å². The van der Waals surface area contributed by atoms with Crippen LogP contribution in [0, 0.1) is 25.2 Å². The Hall–Kier alpha value is -3.80. The molecule has 0 aromatic carbocycles. The molecular formula is C20H21N7O2. The van der Waals surface area contributed by atoms with Gasteiger partial charge in [-0.25, -0.2) is 14.5 Å². The summed E-state index contributed by atoms with van der Waals surface area (Å²) in [5, 5.41) is 18.8. The van der Waals surface area contributed by atoms with Crippen LogP contribution in [0.3, 0.4) is 0 Å². The zero-order valence-corrected chi connectivity index (χ0v) is 16.3. The number of hydrogen-bond donors (Lipinski definition) is 2. The molecule has 3 aromatic rings. The average molecular weight is 391 g/mol. The maximum absolute atomic E-state index is 12.2. The molecule has 0 aliphatic carbocycles. The molecule has 0 radical (unpaired) electrons. The van der Waals surface area contributed by atoms with E-state index in [1.54, 1.807) is 28.9 Å². The highest BCUT2D eigenvalue weighted by atomic mass is 16.2. The Balaban J connectivity index is 1.51. The quantitative estimate of drug-likeness (QED) is 0.631. The van der Waals surface area contributed by atoms with Gasteiger partial charge in [0.1, 0.15) is 17.5 Å². The van der Waals surface area contributed by atoms with Crippen molar-refractivity contribution in [2.24, 2.45) is 0 Å². The van der Waals surface area contributed by atoms with Gasteiger partial charge >= 0.3 is 0 Å². The topological polar surface area (TPSA) is 125 Å².